The van der Waals surface area contributed by atoms with Crippen LogP contribution >= 0.6 is 11.6 Å². The van der Waals surface area contributed by atoms with Gasteiger partial charge in [0, 0.05) is 23.2 Å². The minimum absolute atomic E-state index is 0.183. The molecule has 0 saturated carbocycles. The van der Waals surface area contributed by atoms with E-state index in [1.54, 1.807) is 6.20 Å². The standard InChI is InChI=1S/C17H13ClN2O3/c1-22-16-6-12(9-21)15(8-19-16)23-10-14-13-5-3-2-4-11(13)7-20-17(14)18/h2-9H,10H2,1H3. The molecule has 0 aliphatic carbocycles. The highest BCUT2D eigenvalue weighted by molar-refractivity contribution is 6.31. The van der Waals surface area contributed by atoms with Gasteiger partial charge in [-0.25, -0.2) is 9.97 Å². The summed E-state index contributed by atoms with van der Waals surface area (Å²) in [6.07, 6.45) is 3.87. The van der Waals surface area contributed by atoms with Crippen LogP contribution in [0.15, 0.2) is 42.7 Å². The van der Waals surface area contributed by atoms with Crippen molar-refractivity contribution in [1.29, 1.82) is 0 Å². The fourth-order valence-electron chi connectivity index (χ4n) is 2.25. The molecule has 0 saturated heterocycles. The number of fused-ring (bicyclic) bond motifs is 1. The van der Waals surface area contributed by atoms with Gasteiger partial charge in [-0.1, -0.05) is 35.9 Å². The molecule has 0 spiro atoms. The van der Waals surface area contributed by atoms with E-state index in [0.717, 1.165) is 16.3 Å². The highest BCUT2D eigenvalue weighted by Gasteiger charge is 2.11. The highest BCUT2D eigenvalue weighted by atomic mass is 35.5. The van der Waals surface area contributed by atoms with E-state index in [1.807, 2.05) is 24.3 Å². The fourth-order valence-corrected chi connectivity index (χ4v) is 2.45. The Morgan fingerprint density at radius 1 is 1.22 bits per heavy atom. The molecule has 0 fully saturated rings. The second-order valence-corrected chi connectivity index (χ2v) is 5.14. The Morgan fingerprint density at radius 2 is 2.04 bits per heavy atom. The molecule has 0 amide bonds. The number of methoxy groups -OCH3 is 1. The summed E-state index contributed by atoms with van der Waals surface area (Å²) in [5, 5.41) is 2.30. The molecule has 5 nitrogen and oxygen atoms in total. The van der Waals surface area contributed by atoms with E-state index >= 15 is 0 Å². The molecule has 3 aromatic rings. The van der Waals surface area contributed by atoms with Crippen LogP contribution < -0.4 is 9.47 Å². The van der Waals surface area contributed by atoms with Gasteiger partial charge in [0.2, 0.25) is 5.88 Å². The van der Waals surface area contributed by atoms with Crippen molar-refractivity contribution < 1.29 is 14.3 Å². The molecule has 3 rings (SSSR count). The first kappa shape index (κ1) is 15.2. The first-order valence-corrected chi connectivity index (χ1v) is 7.25. The first-order valence-electron chi connectivity index (χ1n) is 6.87. The number of hydrogen-bond acceptors (Lipinski definition) is 5. The van der Waals surface area contributed by atoms with Crippen LogP contribution in [0.5, 0.6) is 11.6 Å². The van der Waals surface area contributed by atoms with E-state index in [-0.39, 0.29) is 6.61 Å². The Hall–Kier alpha value is -2.66. The van der Waals surface area contributed by atoms with E-state index in [9.17, 15) is 4.79 Å². The smallest absolute Gasteiger partial charge is 0.213 e. The Morgan fingerprint density at radius 3 is 2.83 bits per heavy atom. The molecule has 2 aromatic heterocycles. The van der Waals surface area contributed by atoms with Gasteiger partial charge >= 0.3 is 0 Å². The van der Waals surface area contributed by atoms with Crippen LogP contribution in [0.3, 0.4) is 0 Å². The Bertz CT molecular complexity index is 868. The number of halogens is 1. The zero-order chi connectivity index (χ0) is 16.2. The summed E-state index contributed by atoms with van der Waals surface area (Å²) in [6, 6.07) is 9.28. The summed E-state index contributed by atoms with van der Waals surface area (Å²) in [6.45, 7) is 0.183. The molecule has 0 bridgehead atoms. The van der Waals surface area contributed by atoms with Gasteiger partial charge in [0.25, 0.3) is 0 Å². The van der Waals surface area contributed by atoms with Crippen LogP contribution in [-0.2, 0) is 6.61 Å². The summed E-state index contributed by atoms with van der Waals surface area (Å²) in [4.78, 5) is 19.4. The quantitative estimate of drug-likeness (QED) is 0.528. The first-order chi connectivity index (χ1) is 11.2. The van der Waals surface area contributed by atoms with Crippen molar-refractivity contribution in [2.45, 2.75) is 6.61 Å². The maximum Gasteiger partial charge on any atom is 0.213 e. The predicted octanol–water partition coefficient (Wildman–Crippen LogP) is 3.68. The normalized spacial score (nSPS) is 10.5. The highest BCUT2D eigenvalue weighted by Crippen LogP contribution is 2.27. The lowest BCUT2D eigenvalue weighted by molar-refractivity contribution is 0.111. The number of benzene rings is 1. The fraction of sp³-hybridized carbons (Fsp3) is 0.118. The number of aldehydes is 1. The zero-order valence-electron chi connectivity index (χ0n) is 12.3. The molecule has 0 N–H and O–H groups in total. The SMILES string of the molecule is COc1cc(C=O)c(OCc2c(Cl)ncc3ccccc23)cn1. The van der Waals surface area contributed by atoms with Crippen LogP contribution in [0.4, 0.5) is 0 Å². The summed E-state index contributed by atoms with van der Waals surface area (Å²) in [7, 11) is 1.49. The van der Waals surface area contributed by atoms with Gasteiger partial charge in [0.15, 0.2) is 6.29 Å². The molecule has 116 valence electrons. The van der Waals surface area contributed by atoms with Gasteiger partial charge in [-0.3, -0.25) is 4.79 Å². The minimum Gasteiger partial charge on any atom is -0.486 e. The van der Waals surface area contributed by atoms with Gasteiger partial charge < -0.3 is 9.47 Å². The molecule has 0 atom stereocenters. The molecular weight excluding hydrogens is 316 g/mol. The molecule has 6 heteroatoms. The molecule has 0 aliphatic heterocycles. The summed E-state index contributed by atoms with van der Waals surface area (Å²) < 4.78 is 10.7. The van der Waals surface area contributed by atoms with Gasteiger partial charge in [-0.15, -0.1) is 0 Å². The van der Waals surface area contributed by atoms with Gasteiger partial charge in [0.05, 0.1) is 18.9 Å². The van der Waals surface area contributed by atoms with Crippen LogP contribution in [0.25, 0.3) is 10.8 Å². The topological polar surface area (TPSA) is 61.3 Å². The number of aromatic nitrogens is 2. The third-order valence-electron chi connectivity index (χ3n) is 3.43. The minimum atomic E-state index is 0.183. The van der Waals surface area contributed by atoms with Crippen molar-refractivity contribution in [2.75, 3.05) is 7.11 Å². The lowest BCUT2D eigenvalue weighted by Crippen LogP contribution is -2.02. The van der Waals surface area contributed by atoms with E-state index in [1.165, 1.54) is 19.4 Å². The van der Waals surface area contributed by atoms with Crippen LogP contribution in [0, 0.1) is 0 Å². The second kappa shape index (κ2) is 6.62. The van der Waals surface area contributed by atoms with Crippen molar-refractivity contribution in [3.05, 3.63) is 59.0 Å². The lowest BCUT2D eigenvalue weighted by atomic mass is 10.1. The third-order valence-corrected chi connectivity index (χ3v) is 3.76. The van der Waals surface area contributed by atoms with Crippen LogP contribution in [-0.4, -0.2) is 23.4 Å². The van der Waals surface area contributed by atoms with Crippen molar-refractivity contribution in [2.24, 2.45) is 0 Å². The summed E-state index contributed by atoms with van der Waals surface area (Å²) in [5.74, 6) is 0.717. The second-order valence-electron chi connectivity index (χ2n) is 4.79. The largest absolute Gasteiger partial charge is 0.486 e. The Labute approximate surface area is 137 Å². The van der Waals surface area contributed by atoms with Crippen molar-refractivity contribution >= 4 is 28.7 Å². The van der Waals surface area contributed by atoms with Crippen LogP contribution in [0.2, 0.25) is 5.15 Å². The Balaban J connectivity index is 1.92. The van der Waals surface area contributed by atoms with Crippen molar-refractivity contribution in [3.8, 4) is 11.6 Å². The van der Waals surface area contributed by atoms with Crippen molar-refractivity contribution in [1.82, 2.24) is 9.97 Å². The van der Waals surface area contributed by atoms with E-state index in [2.05, 4.69) is 9.97 Å². The molecule has 2 heterocycles. The number of pyridine rings is 2. The van der Waals surface area contributed by atoms with E-state index < -0.39 is 0 Å². The number of ether oxygens (including phenoxy) is 2. The number of nitrogens with zero attached hydrogens (tertiary/aromatic N) is 2. The lowest BCUT2D eigenvalue weighted by Gasteiger charge is -2.12. The van der Waals surface area contributed by atoms with Gasteiger partial charge in [0.1, 0.15) is 17.5 Å². The van der Waals surface area contributed by atoms with Crippen molar-refractivity contribution in [3.63, 3.8) is 0 Å². The van der Waals surface area contributed by atoms with E-state index in [0.29, 0.717) is 28.6 Å². The van der Waals surface area contributed by atoms with Gasteiger partial charge in [-0.2, -0.15) is 0 Å². The molecule has 23 heavy (non-hydrogen) atoms. The molecule has 0 unspecified atom stereocenters. The molecule has 0 radical (unpaired) electrons. The zero-order valence-corrected chi connectivity index (χ0v) is 13.1. The van der Waals surface area contributed by atoms with Crippen LogP contribution in [0.1, 0.15) is 15.9 Å². The molecule has 0 aliphatic rings. The third kappa shape index (κ3) is 3.10. The average molecular weight is 329 g/mol. The number of carbonyl (C=O) groups is 1. The van der Waals surface area contributed by atoms with E-state index in [4.69, 9.17) is 21.1 Å². The number of carbonyl (C=O) groups excluding carboxylic acids is 1. The monoisotopic (exact) mass is 328 g/mol. The number of rotatable bonds is 5. The summed E-state index contributed by atoms with van der Waals surface area (Å²) in [5.41, 5.74) is 1.12. The molecule has 1 aromatic carbocycles. The van der Waals surface area contributed by atoms with Gasteiger partial charge in [-0.05, 0) is 5.39 Å². The maximum atomic E-state index is 11.2. The Kier molecular flexibility index (Phi) is 4.39. The summed E-state index contributed by atoms with van der Waals surface area (Å²) >= 11 is 6.19. The number of hydrogen-bond donors (Lipinski definition) is 0. The predicted molar refractivity (Wildman–Crippen MR) is 87.3 cm³/mol. The molecular formula is C17H13ClN2O3. The average Bonchev–Trinajstić information content (AvgIpc) is 2.60. The maximum absolute atomic E-state index is 11.2.